The molecular weight excluding hydrogens is 356 g/mol. The van der Waals surface area contributed by atoms with Gasteiger partial charge in [-0.3, -0.25) is 4.79 Å². The number of nitrogens with one attached hydrogen (secondary N) is 1. The molecule has 2 rings (SSSR count). The summed E-state index contributed by atoms with van der Waals surface area (Å²) in [6.07, 6.45) is 3.07. The van der Waals surface area contributed by atoms with Crippen LogP contribution in [-0.2, 0) is 4.79 Å². The molecule has 0 spiro atoms. The lowest BCUT2D eigenvalue weighted by Crippen LogP contribution is -2.07. The number of halogens is 2. The van der Waals surface area contributed by atoms with Crippen molar-refractivity contribution in [2.75, 3.05) is 5.32 Å². The number of amides is 1. The zero-order valence-corrected chi connectivity index (χ0v) is 12.1. The SMILES string of the molecule is O=C(C=Cc1ccc(F)cc1)Nc1cccc(I)c1. The molecule has 96 valence electrons. The second kappa shape index (κ2) is 6.47. The Morgan fingerprint density at radius 1 is 1.16 bits per heavy atom. The minimum atomic E-state index is -0.291. The first-order valence-electron chi connectivity index (χ1n) is 5.64. The Labute approximate surface area is 124 Å². The van der Waals surface area contributed by atoms with Crippen LogP contribution in [0.5, 0.6) is 0 Å². The number of rotatable bonds is 3. The van der Waals surface area contributed by atoms with E-state index in [0.29, 0.717) is 0 Å². The predicted octanol–water partition coefficient (Wildman–Crippen LogP) is 4.08. The van der Waals surface area contributed by atoms with Crippen LogP contribution < -0.4 is 5.32 Å². The zero-order valence-electron chi connectivity index (χ0n) is 9.94. The van der Waals surface area contributed by atoms with E-state index in [9.17, 15) is 9.18 Å². The Kier molecular flexibility index (Phi) is 4.68. The smallest absolute Gasteiger partial charge is 0.248 e. The summed E-state index contributed by atoms with van der Waals surface area (Å²) in [6, 6.07) is 13.5. The van der Waals surface area contributed by atoms with Gasteiger partial charge in [0.05, 0.1) is 0 Å². The molecule has 0 aliphatic carbocycles. The summed E-state index contributed by atoms with van der Waals surface area (Å²) in [5.41, 5.74) is 1.53. The van der Waals surface area contributed by atoms with Crippen molar-refractivity contribution < 1.29 is 9.18 Å². The lowest BCUT2D eigenvalue weighted by Gasteiger charge is -2.02. The van der Waals surface area contributed by atoms with Crippen LogP contribution in [0, 0.1) is 9.39 Å². The van der Waals surface area contributed by atoms with Gasteiger partial charge in [0.2, 0.25) is 5.91 Å². The average Bonchev–Trinajstić information content (AvgIpc) is 2.38. The number of carbonyl (C=O) groups excluding carboxylic acids is 1. The number of hydrogen-bond acceptors (Lipinski definition) is 1. The maximum atomic E-state index is 12.7. The highest BCUT2D eigenvalue weighted by Gasteiger charge is 1.98. The third-order valence-corrected chi connectivity index (χ3v) is 3.06. The van der Waals surface area contributed by atoms with E-state index >= 15 is 0 Å². The molecule has 0 fully saturated rings. The summed E-state index contributed by atoms with van der Waals surface area (Å²) in [6.45, 7) is 0. The van der Waals surface area contributed by atoms with Crippen LogP contribution in [0.2, 0.25) is 0 Å². The Balaban J connectivity index is 1.99. The van der Waals surface area contributed by atoms with Gasteiger partial charge < -0.3 is 5.32 Å². The Morgan fingerprint density at radius 3 is 2.58 bits per heavy atom. The molecule has 4 heteroatoms. The Bertz CT molecular complexity index is 608. The van der Waals surface area contributed by atoms with Gasteiger partial charge in [0.25, 0.3) is 0 Å². The van der Waals surface area contributed by atoms with Crippen LogP contribution in [-0.4, -0.2) is 5.91 Å². The lowest BCUT2D eigenvalue weighted by molar-refractivity contribution is -0.111. The summed E-state index contributed by atoms with van der Waals surface area (Å²) in [7, 11) is 0. The van der Waals surface area contributed by atoms with Crippen LogP contribution >= 0.6 is 22.6 Å². The lowest BCUT2D eigenvalue weighted by atomic mass is 10.2. The van der Waals surface area contributed by atoms with Gasteiger partial charge in [-0.2, -0.15) is 0 Å². The molecular formula is C15H11FINO. The third-order valence-electron chi connectivity index (χ3n) is 2.39. The second-order valence-corrected chi connectivity index (χ2v) is 5.13. The standard InChI is InChI=1S/C15H11FINO/c16-12-7-4-11(5-8-12)6-9-15(19)18-14-3-1-2-13(17)10-14/h1-10H,(H,18,19). The van der Waals surface area contributed by atoms with Gasteiger partial charge in [-0.1, -0.05) is 18.2 Å². The van der Waals surface area contributed by atoms with Gasteiger partial charge >= 0.3 is 0 Å². The van der Waals surface area contributed by atoms with Crippen molar-refractivity contribution in [3.8, 4) is 0 Å². The molecule has 2 aromatic rings. The van der Waals surface area contributed by atoms with Crippen LogP contribution in [0.4, 0.5) is 10.1 Å². The molecule has 1 N–H and O–H groups in total. The molecule has 0 aliphatic heterocycles. The van der Waals surface area contributed by atoms with Crippen molar-refractivity contribution in [2.45, 2.75) is 0 Å². The van der Waals surface area contributed by atoms with E-state index in [0.717, 1.165) is 14.8 Å². The van der Waals surface area contributed by atoms with Crippen LogP contribution in [0.1, 0.15) is 5.56 Å². The molecule has 19 heavy (non-hydrogen) atoms. The number of benzene rings is 2. The van der Waals surface area contributed by atoms with Gasteiger partial charge in [0, 0.05) is 15.3 Å². The van der Waals surface area contributed by atoms with Crippen molar-refractivity contribution >= 4 is 40.3 Å². The van der Waals surface area contributed by atoms with Crippen molar-refractivity contribution in [1.29, 1.82) is 0 Å². The monoisotopic (exact) mass is 367 g/mol. The molecule has 2 aromatic carbocycles. The van der Waals surface area contributed by atoms with Crippen molar-refractivity contribution in [2.24, 2.45) is 0 Å². The van der Waals surface area contributed by atoms with E-state index < -0.39 is 0 Å². The van der Waals surface area contributed by atoms with E-state index in [-0.39, 0.29) is 11.7 Å². The number of carbonyl (C=O) groups is 1. The fraction of sp³-hybridized carbons (Fsp3) is 0. The van der Waals surface area contributed by atoms with E-state index in [1.54, 1.807) is 18.2 Å². The quantitative estimate of drug-likeness (QED) is 0.643. The average molecular weight is 367 g/mol. The molecule has 0 saturated carbocycles. The highest BCUT2D eigenvalue weighted by molar-refractivity contribution is 14.1. The third kappa shape index (κ3) is 4.48. The van der Waals surface area contributed by atoms with E-state index in [1.807, 2.05) is 24.3 Å². The second-order valence-electron chi connectivity index (χ2n) is 3.88. The van der Waals surface area contributed by atoms with E-state index in [2.05, 4.69) is 27.9 Å². The first-order chi connectivity index (χ1) is 9.13. The maximum absolute atomic E-state index is 12.7. The van der Waals surface area contributed by atoms with E-state index in [1.165, 1.54) is 18.2 Å². The van der Waals surface area contributed by atoms with Gasteiger partial charge in [-0.15, -0.1) is 0 Å². The van der Waals surface area contributed by atoms with Crippen LogP contribution in [0.25, 0.3) is 6.08 Å². The van der Waals surface area contributed by atoms with Crippen LogP contribution in [0.3, 0.4) is 0 Å². The first kappa shape index (κ1) is 13.7. The minimum Gasteiger partial charge on any atom is -0.322 e. The molecule has 2 nitrogen and oxygen atoms in total. The van der Waals surface area contributed by atoms with Crippen molar-refractivity contribution in [3.05, 3.63) is 69.6 Å². The van der Waals surface area contributed by atoms with Gasteiger partial charge in [0.1, 0.15) is 5.82 Å². The summed E-state index contributed by atoms with van der Waals surface area (Å²) in [5, 5.41) is 2.76. The van der Waals surface area contributed by atoms with Gasteiger partial charge in [0.15, 0.2) is 0 Å². The van der Waals surface area contributed by atoms with Crippen LogP contribution in [0.15, 0.2) is 54.6 Å². The molecule has 0 heterocycles. The Morgan fingerprint density at radius 2 is 1.89 bits per heavy atom. The first-order valence-corrected chi connectivity index (χ1v) is 6.71. The topological polar surface area (TPSA) is 29.1 Å². The summed E-state index contributed by atoms with van der Waals surface area (Å²) < 4.78 is 13.8. The van der Waals surface area contributed by atoms with Crippen molar-refractivity contribution in [3.63, 3.8) is 0 Å². The largest absolute Gasteiger partial charge is 0.322 e. The summed E-state index contributed by atoms with van der Waals surface area (Å²) >= 11 is 2.18. The molecule has 0 aromatic heterocycles. The predicted molar refractivity (Wildman–Crippen MR) is 83.2 cm³/mol. The van der Waals surface area contributed by atoms with E-state index in [4.69, 9.17) is 0 Å². The molecule has 0 radical (unpaired) electrons. The molecule has 0 unspecified atom stereocenters. The minimum absolute atomic E-state index is 0.216. The molecule has 1 amide bonds. The molecule has 0 atom stereocenters. The maximum Gasteiger partial charge on any atom is 0.248 e. The zero-order chi connectivity index (χ0) is 13.7. The highest BCUT2D eigenvalue weighted by atomic mass is 127. The van der Waals surface area contributed by atoms with Gasteiger partial charge in [-0.05, 0) is 64.6 Å². The number of anilines is 1. The molecule has 0 aliphatic rings. The summed E-state index contributed by atoms with van der Waals surface area (Å²) in [5.74, 6) is -0.508. The van der Waals surface area contributed by atoms with Crippen molar-refractivity contribution in [1.82, 2.24) is 0 Å². The Hall–Kier alpha value is -1.69. The molecule has 0 bridgehead atoms. The summed E-state index contributed by atoms with van der Waals surface area (Å²) in [4.78, 5) is 11.7. The fourth-order valence-electron chi connectivity index (χ4n) is 1.50. The number of hydrogen-bond donors (Lipinski definition) is 1. The fourth-order valence-corrected chi connectivity index (χ4v) is 2.04. The molecule has 0 saturated heterocycles. The van der Waals surface area contributed by atoms with Gasteiger partial charge in [-0.25, -0.2) is 4.39 Å². The highest BCUT2D eigenvalue weighted by Crippen LogP contribution is 2.12. The normalized spacial score (nSPS) is 10.6.